The Morgan fingerprint density at radius 3 is 2.89 bits per heavy atom. The first-order chi connectivity index (χ1) is 9.19. The zero-order valence-electron chi connectivity index (χ0n) is 11.0. The molecule has 0 bridgehead atoms. The minimum Gasteiger partial charge on any atom is -0.496 e. The second-order valence-corrected chi connectivity index (χ2v) is 5.58. The smallest absolute Gasteiger partial charge is 0.233 e. The first-order valence-corrected chi connectivity index (χ1v) is 7.31. The minimum absolute atomic E-state index is 0.0690. The zero-order valence-corrected chi connectivity index (χ0v) is 12.6. The Morgan fingerprint density at radius 2 is 2.26 bits per heavy atom. The zero-order chi connectivity index (χ0) is 13.7. The number of hydrogen-bond donors (Lipinski definition) is 2. The van der Waals surface area contributed by atoms with Crippen molar-refractivity contribution in [2.24, 2.45) is 0 Å². The fourth-order valence-corrected chi connectivity index (χ4v) is 2.39. The van der Waals surface area contributed by atoms with E-state index in [1.807, 2.05) is 18.2 Å². The summed E-state index contributed by atoms with van der Waals surface area (Å²) in [6.07, 6.45) is 3.22. The number of amides is 1. The van der Waals surface area contributed by atoms with E-state index in [1.54, 1.807) is 7.11 Å². The van der Waals surface area contributed by atoms with Crippen LogP contribution < -0.4 is 15.4 Å². The maximum atomic E-state index is 11.5. The van der Waals surface area contributed by atoms with Gasteiger partial charge in [-0.05, 0) is 52.9 Å². The van der Waals surface area contributed by atoms with Gasteiger partial charge in [0, 0.05) is 12.6 Å². The van der Waals surface area contributed by atoms with Crippen molar-refractivity contribution < 1.29 is 9.53 Å². The van der Waals surface area contributed by atoms with Crippen molar-refractivity contribution in [2.75, 3.05) is 20.2 Å². The molecule has 2 rings (SSSR count). The first kappa shape index (κ1) is 14.3. The molecule has 1 fully saturated rings. The topological polar surface area (TPSA) is 50.4 Å². The van der Waals surface area contributed by atoms with Crippen molar-refractivity contribution in [3.63, 3.8) is 0 Å². The van der Waals surface area contributed by atoms with Crippen molar-refractivity contribution >= 4 is 21.8 Å². The van der Waals surface area contributed by atoms with Crippen LogP contribution in [0.5, 0.6) is 5.75 Å². The summed E-state index contributed by atoms with van der Waals surface area (Å²) in [5.41, 5.74) is 1.17. The molecule has 5 heteroatoms. The van der Waals surface area contributed by atoms with Gasteiger partial charge < -0.3 is 15.4 Å². The van der Waals surface area contributed by atoms with E-state index in [0.717, 1.165) is 16.6 Å². The predicted molar refractivity (Wildman–Crippen MR) is 78.4 cm³/mol. The van der Waals surface area contributed by atoms with E-state index in [4.69, 9.17) is 4.74 Å². The van der Waals surface area contributed by atoms with Gasteiger partial charge >= 0.3 is 0 Å². The predicted octanol–water partition coefficient (Wildman–Crippen LogP) is 1.87. The van der Waals surface area contributed by atoms with Gasteiger partial charge in [-0.1, -0.05) is 6.07 Å². The molecule has 0 aromatic heterocycles. The average molecular weight is 327 g/mol. The van der Waals surface area contributed by atoms with E-state index in [1.165, 1.54) is 18.4 Å². The van der Waals surface area contributed by atoms with Crippen LogP contribution in [0.3, 0.4) is 0 Å². The lowest BCUT2D eigenvalue weighted by Gasteiger charge is -2.08. The molecule has 0 heterocycles. The summed E-state index contributed by atoms with van der Waals surface area (Å²) in [7, 11) is 1.65. The molecule has 1 aliphatic rings. The van der Waals surface area contributed by atoms with Gasteiger partial charge in [0.05, 0.1) is 18.1 Å². The van der Waals surface area contributed by atoms with E-state index in [-0.39, 0.29) is 5.91 Å². The van der Waals surface area contributed by atoms with Gasteiger partial charge in [-0.15, -0.1) is 0 Å². The van der Waals surface area contributed by atoms with Crippen molar-refractivity contribution in [1.29, 1.82) is 0 Å². The molecule has 1 aliphatic carbocycles. The number of hydrogen-bond acceptors (Lipinski definition) is 3. The molecule has 0 spiro atoms. The van der Waals surface area contributed by atoms with Gasteiger partial charge in [0.25, 0.3) is 0 Å². The molecular weight excluding hydrogens is 308 g/mol. The fraction of sp³-hybridized carbons (Fsp3) is 0.500. The summed E-state index contributed by atoms with van der Waals surface area (Å²) in [5.74, 6) is 0.890. The van der Waals surface area contributed by atoms with Crippen LogP contribution in [0.4, 0.5) is 0 Å². The number of halogens is 1. The van der Waals surface area contributed by atoms with Crippen LogP contribution in [0.1, 0.15) is 18.4 Å². The van der Waals surface area contributed by atoms with Gasteiger partial charge in [0.1, 0.15) is 5.75 Å². The van der Waals surface area contributed by atoms with Gasteiger partial charge in [-0.2, -0.15) is 0 Å². The van der Waals surface area contributed by atoms with Crippen molar-refractivity contribution in [3.8, 4) is 5.75 Å². The van der Waals surface area contributed by atoms with Crippen LogP contribution in [-0.2, 0) is 11.2 Å². The highest BCUT2D eigenvalue weighted by Crippen LogP contribution is 2.25. The normalized spacial score (nSPS) is 14.2. The summed E-state index contributed by atoms with van der Waals surface area (Å²) in [4.78, 5) is 11.5. The molecule has 4 nitrogen and oxygen atoms in total. The number of nitrogens with one attached hydrogen (secondary N) is 2. The molecule has 1 aromatic rings. The monoisotopic (exact) mass is 326 g/mol. The van der Waals surface area contributed by atoms with Crippen LogP contribution in [0, 0.1) is 0 Å². The third-order valence-electron chi connectivity index (χ3n) is 3.08. The third-order valence-corrected chi connectivity index (χ3v) is 3.70. The summed E-state index contributed by atoms with van der Waals surface area (Å²) < 4.78 is 6.12. The van der Waals surface area contributed by atoms with Crippen LogP contribution in [0.25, 0.3) is 0 Å². The van der Waals surface area contributed by atoms with Crippen molar-refractivity contribution in [1.82, 2.24) is 10.6 Å². The molecular formula is C14H19BrN2O2. The van der Waals surface area contributed by atoms with Crippen LogP contribution in [-0.4, -0.2) is 32.1 Å². The Balaban J connectivity index is 1.69. The van der Waals surface area contributed by atoms with E-state index in [0.29, 0.717) is 19.1 Å². The highest BCUT2D eigenvalue weighted by Gasteiger charge is 2.20. The Kier molecular flexibility index (Phi) is 5.22. The Morgan fingerprint density at radius 1 is 1.47 bits per heavy atom. The lowest BCUT2D eigenvalue weighted by Crippen LogP contribution is -2.35. The maximum absolute atomic E-state index is 11.5. The molecule has 104 valence electrons. The van der Waals surface area contributed by atoms with Gasteiger partial charge in [-0.3, -0.25) is 4.79 Å². The third kappa shape index (κ3) is 4.84. The number of carbonyl (C=O) groups is 1. The Labute approximate surface area is 122 Å². The van der Waals surface area contributed by atoms with E-state index < -0.39 is 0 Å². The molecule has 0 atom stereocenters. The molecule has 1 saturated carbocycles. The molecule has 1 amide bonds. The molecule has 1 aromatic carbocycles. The summed E-state index contributed by atoms with van der Waals surface area (Å²) in [6.45, 7) is 1.08. The SMILES string of the molecule is COc1ccc(CCNC(=O)CNC2CC2)cc1Br. The average Bonchev–Trinajstić information content (AvgIpc) is 3.21. The van der Waals surface area contributed by atoms with Crippen molar-refractivity contribution in [2.45, 2.75) is 25.3 Å². The van der Waals surface area contributed by atoms with Crippen LogP contribution in [0.2, 0.25) is 0 Å². The highest BCUT2D eigenvalue weighted by atomic mass is 79.9. The number of carbonyl (C=O) groups excluding carboxylic acids is 1. The molecule has 0 unspecified atom stereocenters. The molecule has 0 saturated heterocycles. The van der Waals surface area contributed by atoms with Crippen molar-refractivity contribution in [3.05, 3.63) is 28.2 Å². The largest absolute Gasteiger partial charge is 0.496 e. The molecule has 0 aliphatic heterocycles. The Hall–Kier alpha value is -1.07. The highest BCUT2D eigenvalue weighted by molar-refractivity contribution is 9.10. The van der Waals surface area contributed by atoms with E-state index in [2.05, 4.69) is 26.6 Å². The summed E-state index contributed by atoms with van der Waals surface area (Å²) >= 11 is 3.45. The van der Waals surface area contributed by atoms with Crippen LogP contribution in [0.15, 0.2) is 22.7 Å². The van der Waals surface area contributed by atoms with Gasteiger partial charge in [0.15, 0.2) is 0 Å². The fourth-order valence-electron chi connectivity index (χ4n) is 1.80. The number of benzene rings is 1. The number of methoxy groups -OCH3 is 1. The second-order valence-electron chi connectivity index (χ2n) is 4.72. The van der Waals surface area contributed by atoms with E-state index in [9.17, 15) is 4.79 Å². The second kappa shape index (κ2) is 6.91. The molecule has 19 heavy (non-hydrogen) atoms. The van der Waals surface area contributed by atoms with Gasteiger partial charge in [0.2, 0.25) is 5.91 Å². The molecule has 0 radical (unpaired) electrons. The minimum atomic E-state index is 0.0690. The lowest BCUT2D eigenvalue weighted by molar-refractivity contribution is -0.120. The summed E-state index contributed by atoms with van der Waals surface area (Å²) in [6, 6.07) is 6.53. The standard InChI is InChI=1S/C14H19BrN2O2/c1-19-13-5-2-10(8-12(13)15)6-7-16-14(18)9-17-11-3-4-11/h2,5,8,11,17H,3-4,6-7,9H2,1H3,(H,16,18). The number of ether oxygens (including phenoxy) is 1. The van der Waals surface area contributed by atoms with Crippen LogP contribution >= 0.6 is 15.9 Å². The molecule has 2 N–H and O–H groups in total. The lowest BCUT2D eigenvalue weighted by atomic mass is 10.1. The number of rotatable bonds is 7. The van der Waals surface area contributed by atoms with E-state index >= 15 is 0 Å². The van der Waals surface area contributed by atoms with Gasteiger partial charge in [-0.25, -0.2) is 0 Å². The summed E-state index contributed by atoms with van der Waals surface area (Å²) in [5, 5.41) is 6.11. The Bertz CT molecular complexity index is 447. The first-order valence-electron chi connectivity index (χ1n) is 6.51. The maximum Gasteiger partial charge on any atom is 0.233 e. The quantitative estimate of drug-likeness (QED) is 0.804.